The molecule has 0 bridgehead atoms. The van der Waals surface area contributed by atoms with E-state index in [9.17, 15) is 14.7 Å². The van der Waals surface area contributed by atoms with E-state index < -0.39 is 63.4 Å². The molecule has 1 unspecified atom stereocenters. The van der Waals surface area contributed by atoms with Crippen molar-refractivity contribution in [1.82, 2.24) is 9.80 Å². The van der Waals surface area contributed by atoms with E-state index in [0.717, 1.165) is 15.9 Å². The van der Waals surface area contributed by atoms with Gasteiger partial charge in [0, 0.05) is 25.8 Å². The highest BCUT2D eigenvalue weighted by Crippen LogP contribution is 2.51. The molecule has 2 saturated heterocycles. The molecule has 2 aliphatic rings. The zero-order valence-corrected chi connectivity index (χ0v) is 37.5. The third kappa shape index (κ3) is 9.29. The maximum Gasteiger partial charge on any atom is 0.410 e. The Bertz CT molecular complexity index is 1930. The van der Waals surface area contributed by atoms with E-state index in [2.05, 4.69) is 47.0 Å². The Hall–Kier alpha value is -4.54. The fourth-order valence-corrected chi connectivity index (χ4v) is 14.0. The minimum Gasteiger partial charge on any atom is -0.457 e. The van der Waals surface area contributed by atoms with Crippen molar-refractivity contribution in [2.24, 2.45) is 11.8 Å². The molecule has 59 heavy (non-hydrogen) atoms. The number of amides is 2. The molecule has 3 aromatic carbocycles. The molecular formula is C47H61N2O8PSi. The molecule has 0 radical (unpaired) electrons. The van der Waals surface area contributed by atoms with Crippen LogP contribution in [0.2, 0.25) is 18.1 Å². The van der Waals surface area contributed by atoms with Crippen molar-refractivity contribution in [3.05, 3.63) is 116 Å². The number of benzene rings is 3. The first-order chi connectivity index (χ1) is 28.0. The van der Waals surface area contributed by atoms with Crippen LogP contribution in [0.3, 0.4) is 0 Å². The van der Waals surface area contributed by atoms with E-state index in [0.29, 0.717) is 19.4 Å². The van der Waals surface area contributed by atoms with E-state index in [1.54, 1.807) is 6.92 Å². The minimum atomic E-state index is -3.27. The van der Waals surface area contributed by atoms with Gasteiger partial charge in [-0.25, -0.2) is 9.59 Å². The molecule has 316 valence electrons. The lowest BCUT2D eigenvalue weighted by atomic mass is 9.74. The topological polar surface area (TPSA) is 123 Å². The fraction of sp³-hybridized carbons (Fsp3) is 0.426. The second-order valence-corrected chi connectivity index (χ2v) is 25.1. The average molecular weight is 841 g/mol. The zero-order chi connectivity index (χ0) is 43.1. The zero-order valence-electron chi connectivity index (χ0n) is 35.6. The number of hydrogen-bond acceptors (Lipinski definition) is 8. The summed E-state index contributed by atoms with van der Waals surface area (Å²) in [5.74, 6) is -3.01. The monoisotopic (exact) mass is 840 g/mol. The number of aliphatic hydroxyl groups excluding tert-OH is 1. The van der Waals surface area contributed by atoms with Crippen molar-refractivity contribution >= 4 is 60.3 Å². The molecule has 3 aromatic rings. The van der Waals surface area contributed by atoms with Crippen molar-refractivity contribution in [1.29, 1.82) is 0 Å². The van der Waals surface area contributed by atoms with Gasteiger partial charge in [-0.3, -0.25) is 9.59 Å². The van der Waals surface area contributed by atoms with Gasteiger partial charge in [-0.2, -0.15) is 0 Å². The number of ketones is 1. The summed E-state index contributed by atoms with van der Waals surface area (Å²) in [7, 11) is -2.44. The summed E-state index contributed by atoms with van der Waals surface area (Å²) in [6, 6.07) is 27.7. The Morgan fingerprint density at radius 1 is 0.864 bits per heavy atom. The van der Waals surface area contributed by atoms with Gasteiger partial charge in [0.15, 0.2) is 8.32 Å². The van der Waals surface area contributed by atoms with Crippen LogP contribution in [0, 0.1) is 11.8 Å². The first-order valence-corrected chi connectivity index (χ1v) is 25.2. The molecule has 2 aliphatic heterocycles. The number of aliphatic hydroxyl groups is 1. The standard InChI is InChI=1S/C47H61N2O8PSi/c1-10-30-55-45(53)44(58(35-22-15-12-16-23-35,36-24-17-13-18-25-36)37-26-19-14-20-27-37)49-42(41(43(49)52)34(4)57-59(8,9)47(5,6)7)33(3)39(50)32-40(51)38-28-21-29-48(38)46(54)56-31-11-2/h10-20,22-27,33-34,38,40-42,51H,1-2,21,28-32H2,3-9H3/t33-,34+,38-,40?,41+,42+/m0/s1. The lowest BCUT2D eigenvalue weighted by Gasteiger charge is -2.54. The van der Waals surface area contributed by atoms with E-state index >= 15 is 9.59 Å². The summed E-state index contributed by atoms with van der Waals surface area (Å²) in [4.78, 5) is 60.9. The fourth-order valence-electron chi connectivity index (χ4n) is 8.22. The van der Waals surface area contributed by atoms with Gasteiger partial charge < -0.3 is 28.8 Å². The van der Waals surface area contributed by atoms with Crippen LogP contribution in [-0.4, -0.2) is 96.4 Å². The molecule has 0 aliphatic carbocycles. The number of β-lactam (4-membered cyclic amide) rings is 1. The number of Topliss-reactive ketones (excluding diaryl/α,β-unsaturated/α-hetero) is 1. The molecule has 2 heterocycles. The SMILES string of the molecule is C=CCOC(=O)C(N1C(=O)[C@H]([C@@H](C)O[Si](C)(C)C(C)(C)C)[C@H]1[C@@H](C)C(=O)CC(O)[C@@H]1CCCN1C(=O)OCC=C)=P(c1ccccc1)(c1ccccc1)c1ccccc1. The Balaban J connectivity index is 1.74. The van der Waals surface area contributed by atoms with Crippen molar-refractivity contribution in [3.63, 3.8) is 0 Å². The Morgan fingerprint density at radius 3 is 1.83 bits per heavy atom. The van der Waals surface area contributed by atoms with Crippen molar-refractivity contribution in [2.45, 2.75) is 96.3 Å². The largest absolute Gasteiger partial charge is 0.457 e. The van der Waals surface area contributed by atoms with Crippen LogP contribution in [0.4, 0.5) is 4.79 Å². The number of rotatable bonds is 17. The molecular weight excluding hydrogens is 780 g/mol. The quantitative estimate of drug-likeness (QED) is 0.0517. The van der Waals surface area contributed by atoms with Gasteiger partial charge in [-0.05, 0) is 53.8 Å². The van der Waals surface area contributed by atoms with Gasteiger partial charge in [0.2, 0.25) is 5.91 Å². The molecule has 0 saturated carbocycles. The maximum absolute atomic E-state index is 15.3. The summed E-state index contributed by atoms with van der Waals surface area (Å²) in [5, 5.41) is 13.9. The van der Waals surface area contributed by atoms with Crippen LogP contribution in [0.5, 0.6) is 0 Å². The molecule has 6 atom stereocenters. The maximum atomic E-state index is 15.3. The molecule has 12 heteroatoms. The van der Waals surface area contributed by atoms with Crippen LogP contribution in [0.1, 0.15) is 53.9 Å². The smallest absolute Gasteiger partial charge is 0.410 e. The van der Waals surface area contributed by atoms with E-state index in [1.165, 1.54) is 22.0 Å². The molecule has 1 N–H and O–H groups in total. The second kappa shape index (κ2) is 19.2. The molecule has 5 rings (SSSR count). The predicted molar refractivity (Wildman–Crippen MR) is 239 cm³/mol. The summed E-state index contributed by atoms with van der Waals surface area (Å²) in [6.45, 7) is 18.7. The Labute approximate surface area is 351 Å². The van der Waals surface area contributed by atoms with Gasteiger partial charge in [0.1, 0.15) is 24.4 Å². The number of ether oxygens (including phenoxy) is 2. The molecule has 10 nitrogen and oxygen atoms in total. The number of esters is 1. The summed E-state index contributed by atoms with van der Waals surface area (Å²) < 4.78 is 18.2. The number of carbonyl (C=O) groups excluding carboxylic acids is 4. The molecule has 0 aromatic heterocycles. The summed E-state index contributed by atoms with van der Waals surface area (Å²) >= 11 is 0. The van der Waals surface area contributed by atoms with Crippen LogP contribution >= 0.6 is 6.89 Å². The first-order valence-electron chi connectivity index (χ1n) is 20.5. The lowest BCUT2D eigenvalue weighted by Crippen LogP contribution is -2.71. The predicted octanol–water partition coefficient (Wildman–Crippen LogP) is 6.82. The summed E-state index contributed by atoms with van der Waals surface area (Å²) in [5.41, 5.74) is 0.154. The van der Waals surface area contributed by atoms with E-state index in [-0.39, 0.29) is 41.8 Å². The number of carbonyl (C=O) groups is 4. The van der Waals surface area contributed by atoms with Gasteiger partial charge in [0.05, 0.1) is 30.2 Å². The third-order valence-corrected chi connectivity index (χ3v) is 21.0. The Kier molecular flexibility index (Phi) is 14.8. The summed E-state index contributed by atoms with van der Waals surface area (Å²) in [6.07, 6.45) is 1.49. The second-order valence-electron chi connectivity index (χ2n) is 17.0. The molecule has 2 amide bonds. The van der Waals surface area contributed by atoms with Crippen LogP contribution < -0.4 is 15.9 Å². The third-order valence-electron chi connectivity index (χ3n) is 12.2. The van der Waals surface area contributed by atoms with Gasteiger partial charge >= 0.3 is 12.1 Å². The highest BCUT2D eigenvalue weighted by atomic mass is 31.2. The van der Waals surface area contributed by atoms with Crippen molar-refractivity contribution in [3.8, 4) is 0 Å². The lowest BCUT2D eigenvalue weighted by molar-refractivity contribution is -0.161. The van der Waals surface area contributed by atoms with Gasteiger partial charge in [-0.1, -0.05) is 144 Å². The van der Waals surface area contributed by atoms with Crippen LogP contribution in [-0.2, 0) is 28.3 Å². The normalized spacial score (nSPS) is 19.9. The van der Waals surface area contributed by atoms with Gasteiger partial charge in [0.25, 0.3) is 0 Å². The van der Waals surface area contributed by atoms with E-state index in [4.69, 9.17) is 13.9 Å². The van der Waals surface area contributed by atoms with E-state index in [1.807, 2.05) is 97.9 Å². The average Bonchev–Trinajstić information content (AvgIpc) is 3.72. The molecule has 0 spiro atoms. The van der Waals surface area contributed by atoms with Gasteiger partial charge in [-0.15, -0.1) is 0 Å². The molecule has 2 fully saturated rings. The minimum absolute atomic E-state index is 0.0311. The van der Waals surface area contributed by atoms with Crippen LogP contribution in [0.15, 0.2) is 116 Å². The van der Waals surface area contributed by atoms with Crippen molar-refractivity contribution < 1.29 is 38.2 Å². The number of hydrogen-bond donors (Lipinski definition) is 1. The highest BCUT2D eigenvalue weighted by Gasteiger charge is 2.59. The first kappa shape index (κ1) is 45.5. The number of likely N-dealkylation sites (tertiary alicyclic amines) is 2. The van der Waals surface area contributed by atoms with Crippen LogP contribution in [0.25, 0.3) is 0 Å². The van der Waals surface area contributed by atoms with Crippen molar-refractivity contribution in [2.75, 3.05) is 19.8 Å². The highest BCUT2D eigenvalue weighted by molar-refractivity contribution is 7.96. The number of nitrogens with zero attached hydrogens (tertiary/aromatic N) is 2. The Morgan fingerprint density at radius 2 is 1.36 bits per heavy atom.